The fraction of sp³-hybridized carbons (Fsp3) is 0.538. The van der Waals surface area contributed by atoms with E-state index in [-0.39, 0.29) is 12.1 Å². The molecule has 3 N–H and O–H groups in total. The standard InChI is InChI=1S/C13H22N2O2/c1-4-17-12-7-5-11(6-8-12)13(15-14)9-10(2)16-3/h5-8,10,13,15H,4,9,14H2,1-3H3. The summed E-state index contributed by atoms with van der Waals surface area (Å²) in [7, 11) is 1.70. The number of nitrogens with one attached hydrogen (secondary N) is 1. The molecule has 0 fully saturated rings. The number of methoxy groups -OCH3 is 1. The molecule has 17 heavy (non-hydrogen) atoms. The Hall–Kier alpha value is -1.10. The third kappa shape index (κ3) is 4.34. The first-order valence-electron chi connectivity index (χ1n) is 5.93. The van der Waals surface area contributed by atoms with Gasteiger partial charge in [0.15, 0.2) is 0 Å². The Morgan fingerprint density at radius 2 is 1.94 bits per heavy atom. The van der Waals surface area contributed by atoms with Crippen LogP contribution in [0.5, 0.6) is 5.75 Å². The lowest BCUT2D eigenvalue weighted by Crippen LogP contribution is -2.30. The average molecular weight is 238 g/mol. The van der Waals surface area contributed by atoms with E-state index in [9.17, 15) is 0 Å². The maximum absolute atomic E-state index is 5.57. The number of benzene rings is 1. The lowest BCUT2D eigenvalue weighted by Gasteiger charge is -2.20. The van der Waals surface area contributed by atoms with Crippen LogP contribution in [0.15, 0.2) is 24.3 Å². The van der Waals surface area contributed by atoms with Gasteiger partial charge in [-0.15, -0.1) is 0 Å². The van der Waals surface area contributed by atoms with Gasteiger partial charge in [-0.1, -0.05) is 12.1 Å². The van der Waals surface area contributed by atoms with Crippen molar-refractivity contribution >= 4 is 0 Å². The minimum Gasteiger partial charge on any atom is -0.494 e. The molecule has 0 saturated carbocycles. The van der Waals surface area contributed by atoms with Gasteiger partial charge in [-0.25, -0.2) is 0 Å². The Labute approximate surface area is 103 Å². The zero-order valence-electron chi connectivity index (χ0n) is 10.8. The van der Waals surface area contributed by atoms with E-state index in [1.807, 2.05) is 38.1 Å². The SMILES string of the molecule is CCOc1ccc(C(CC(C)OC)NN)cc1. The van der Waals surface area contributed by atoms with Crippen LogP contribution < -0.4 is 16.0 Å². The third-order valence-electron chi connectivity index (χ3n) is 2.76. The summed E-state index contributed by atoms with van der Waals surface area (Å²) in [6.07, 6.45) is 1.00. The average Bonchev–Trinajstić information content (AvgIpc) is 2.37. The maximum Gasteiger partial charge on any atom is 0.119 e. The normalized spacial score (nSPS) is 14.4. The molecule has 0 amide bonds. The fourth-order valence-corrected chi connectivity index (χ4v) is 1.69. The Morgan fingerprint density at radius 3 is 2.41 bits per heavy atom. The van der Waals surface area contributed by atoms with Crippen molar-refractivity contribution in [3.63, 3.8) is 0 Å². The highest BCUT2D eigenvalue weighted by molar-refractivity contribution is 5.29. The largest absolute Gasteiger partial charge is 0.494 e. The quantitative estimate of drug-likeness (QED) is 0.563. The minimum absolute atomic E-state index is 0.0978. The minimum atomic E-state index is 0.0978. The molecule has 1 rings (SSSR count). The zero-order valence-corrected chi connectivity index (χ0v) is 10.8. The van der Waals surface area contributed by atoms with Crippen LogP contribution in [0, 0.1) is 0 Å². The van der Waals surface area contributed by atoms with Gasteiger partial charge in [0.25, 0.3) is 0 Å². The number of hydrogen-bond acceptors (Lipinski definition) is 4. The van der Waals surface area contributed by atoms with Crippen molar-refractivity contribution in [2.45, 2.75) is 32.4 Å². The molecule has 0 spiro atoms. The van der Waals surface area contributed by atoms with E-state index in [1.54, 1.807) is 7.11 Å². The van der Waals surface area contributed by atoms with Crippen LogP contribution in [-0.4, -0.2) is 19.8 Å². The summed E-state index contributed by atoms with van der Waals surface area (Å²) in [5.41, 5.74) is 3.95. The highest BCUT2D eigenvalue weighted by Crippen LogP contribution is 2.21. The second-order valence-electron chi connectivity index (χ2n) is 4.00. The molecule has 2 unspecified atom stereocenters. The lowest BCUT2D eigenvalue weighted by atomic mass is 10.0. The summed E-state index contributed by atoms with van der Waals surface area (Å²) < 4.78 is 10.6. The molecular weight excluding hydrogens is 216 g/mol. The summed E-state index contributed by atoms with van der Waals surface area (Å²) in [5, 5.41) is 0. The van der Waals surface area contributed by atoms with Gasteiger partial charge < -0.3 is 9.47 Å². The molecular formula is C13H22N2O2. The molecule has 0 bridgehead atoms. The smallest absolute Gasteiger partial charge is 0.119 e. The topological polar surface area (TPSA) is 56.5 Å². The number of nitrogens with two attached hydrogens (primary N) is 1. The highest BCUT2D eigenvalue weighted by atomic mass is 16.5. The van der Waals surface area contributed by atoms with Gasteiger partial charge in [-0.2, -0.15) is 0 Å². The van der Waals surface area contributed by atoms with Crippen LogP contribution >= 0.6 is 0 Å². The van der Waals surface area contributed by atoms with Gasteiger partial charge in [-0.3, -0.25) is 11.3 Å². The Bertz CT molecular complexity index is 314. The van der Waals surface area contributed by atoms with E-state index in [2.05, 4.69) is 5.43 Å². The number of hydrogen-bond donors (Lipinski definition) is 2. The number of hydrazine groups is 1. The van der Waals surface area contributed by atoms with Gasteiger partial charge in [-0.05, 0) is 38.0 Å². The van der Waals surface area contributed by atoms with E-state index in [1.165, 1.54) is 0 Å². The van der Waals surface area contributed by atoms with Gasteiger partial charge in [0.05, 0.1) is 12.7 Å². The molecule has 0 aliphatic heterocycles. The second-order valence-corrected chi connectivity index (χ2v) is 4.00. The molecule has 2 atom stereocenters. The van der Waals surface area contributed by atoms with Gasteiger partial charge >= 0.3 is 0 Å². The molecule has 4 nitrogen and oxygen atoms in total. The van der Waals surface area contributed by atoms with Gasteiger partial charge in [0, 0.05) is 13.2 Å². The Kier molecular flexibility index (Phi) is 5.97. The monoisotopic (exact) mass is 238 g/mol. The summed E-state index contributed by atoms with van der Waals surface area (Å²) in [6, 6.07) is 8.07. The van der Waals surface area contributed by atoms with Gasteiger partial charge in [0.1, 0.15) is 5.75 Å². The van der Waals surface area contributed by atoms with Crippen LogP contribution in [0.25, 0.3) is 0 Å². The third-order valence-corrected chi connectivity index (χ3v) is 2.76. The van der Waals surface area contributed by atoms with Crippen LogP contribution in [0.4, 0.5) is 0 Å². The lowest BCUT2D eigenvalue weighted by molar-refractivity contribution is 0.100. The van der Waals surface area contributed by atoms with E-state index < -0.39 is 0 Å². The van der Waals surface area contributed by atoms with E-state index >= 15 is 0 Å². The molecule has 0 heterocycles. The molecule has 1 aromatic carbocycles. The molecule has 0 aliphatic carbocycles. The molecule has 0 aliphatic rings. The van der Waals surface area contributed by atoms with Crippen molar-refractivity contribution < 1.29 is 9.47 Å². The van der Waals surface area contributed by atoms with Crippen LogP contribution in [0.1, 0.15) is 31.9 Å². The molecule has 0 radical (unpaired) electrons. The molecule has 1 aromatic rings. The number of ether oxygens (including phenoxy) is 2. The number of rotatable bonds is 7. The first-order valence-corrected chi connectivity index (χ1v) is 5.93. The van der Waals surface area contributed by atoms with E-state index in [0.29, 0.717) is 6.61 Å². The summed E-state index contributed by atoms with van der Waals surface area (Å²) in [6.45, 7) is 4.68. The Morgan fingerprint density at radius 1 is 1.29 bits per heavy atom. The van der Waals surface area contributed by atoms with Crippen molar-refractivity contribution in [3.05, 3.63) is 29.8 Å². The van der Waals surface area contributed by atoms with Crippen molar-refractivity contribution in [1.82, 2.24) is 5.43 Å². The van der Waals surface area contributed by atoms with Crippen molar-refractivity contribution in [3.8, 4) is 5.75 Å². The summed E-state index contributed by atoms with van der Waals surface area (Å²) in [5.74, 6) is 6.45. The molecule has 96 valence electrons. The Balaban J connectivity index is 2.68. The first-order chi connectivity index (χ1) is 8.21. The fourth-order valence-electron chi connectivity index (χ4n) is 1.69. The molecule has 4 heteroatoms. The van der Waals surface area contributed by atoms with Crippen LogP contribution in [0.2, 0.25) is 0 Å². The molecule has 0 aromatic heterocycles. The highest BCUT2D eigenvalue weighted by Gasteiger charge is 2.13. The second kappa shape index (κ2) is 7.27. The summed E-state index contributed by atoms with van der Waals surface area (Å²) in [4.78, 5) is 0. The molecule has 0 saturated heterocycles. The van der Waals surface area contributed by atoms with Crippen LogP contribution in [0.3, 0.4) is 0 Å². The zero-order chi connectivity index (χ0) is 12.7. The van der Waals surface area contributed by atoms with Crippen molar-refractivity contribution in [1.29, 1.82) is 0 Å². The van der Waals surface area contributed by atoms with Gasteiger partial charge in [0.2, 0.25) is 0 Å². The summed E-state index contributed by atoms with van der Waals surface area (Å²) >= 11 is 0. The van der Waals surface area contributed by atoms with E-state index in [0.717, 1.165) is 17.7 Å². The van der Waals surface area contributed by atoms with Crippen molar-refractivity contribution in [2.75, 3.05) is 13.7 Å². The van der Waals surface area contributed by atoms with E-state index in [4.69, 9.17) is 15.3 Å². The predicted octanol–water partition coefficient (Wildman–Crippen LogP) is 2.01. The van der Waals surface area contributed by atoms with Crippen LogP contribution in [-0.2, 0) is 4.74 Å². The van der Waals surface area contributed by atoms with Crippen molar-refractivity contribution in [2.24, 2.45) is 5.84 Å². The first kappa shape index (κ1) is 14.0. The maximum atomic E-state index is 5.57. The predicted molar refractivity (Wildman–Crippen MR) is 68.8 cm³/mol.